The highest BCUT2D eigenvalue weighted by Gasteiger charge is 2.35. The number of hydrogen-bond donors (Lipinski definition) is 1. The van der Waals surface area contributed by atoms with Gasteiger partial charge in [-0.25, -0.2) is 12.8 Å². The van der Waals surface area contributed by atoms with E-state index in [2.05, 4.69) is 0 Å². The Kier molecular flexibility index (Phi) is 4.46. The van der Waals surface area contributed by atoms with Crippen molar-refractivity contribution in [2.24, 2.45) is 0 Å². The second kappa shape index (κ2) is 5.79. The fourth-order valence-corrected chi connectivity index (χ4v) is 4.76. The first-order chi connectivity index (χ1) is 9.37. The maximum Gasteiger partial charge on any atom is 0.243 e. The summed E-state index contributed by atoms with van der Waals surface area (Å²) in [4.78, 5) is 0.0450. The Balaban J connectivity index is 2.43. The number of nitrogens with zero attached hydrogens (tertiary/aromatic N) is 1. The first-order valence-corrected chi connectivity index (χ1v) is 8.24. The zero-order valence-electron chi connectivity index (χ0n) is 11.7. The highest BCUT2D eigenvalue weighted by Crippen LogP contribution is 2.30. The van der Waals surface area contributed by atoms with Crippen molar-refractivity contribution in [1.29, 1.82) is 0 Å². The Hall–Kier alpha value is -0.980. The van der Waals surface area contributed by atoms with Crippen LogP contribution in [0.1, 0.15) is 38.7 Å². The Morgan fingerprint density at radius 2 is 1.90 bits per heavy atom. The van der Waals surface area contributed by atoms with Gasteiger partial charge in [0.15, 0.2) is 0 Å². The lowest BCUT2D eigenvalue weighted by molar-refractivity contribution is 0.204. The number of aliphatic hydroxyl groups excluding tert-OH is 1. The van der Waals surface area contributed by atoms with Crippen molar-refractivity contribution in [2.45, 2.75) is 56.7 Å². The minimum absolute atomic E-state index is 0.00314. The zero-order valence-corrected chi connectivity index (χ0v) is 12.5. The van der Waals surface area contributed by atoms with Crippen LogP contribution in [0.5, 0.6) is 0 Å². The maximum atomic E-state index is 13.4. The Morgan fingerprint density at radius 3 is 2.45 bits per heavy atom. The molecule has 20 heavy (non-hydrogen) atoms. The standard InChI is InChI=1S/C14H20FNO3S/c1-10-4-3-5-11(2)16(10)20(18,19)13-6-7-14(15)12(8-13)9-17/h6-8,10-11,17H,3-5,9H2,1-2H3/t10-,11+. The first kappa shape index (κ1) is 15.4. The van der Waals surface area contributed by atoms with E-state index in [0.717, 1.165) is 25.3 Å². The summed E-state index contributed by atoms with van der Waals surface area (Å²) in [6.07, 6.45) is 2.68. The third kappa shape index (κ3) is 2.73. The van der Waals surface area contributed by atoms with Gasteiger partial charge in [0, 0.05) is 17.6 Å². The average Bonchev–Trinajstić information content (AvgIpc) is 2.38. The van der Waals surface area contributed by atoms with E-state index in [1.165, 1.54) is 16.4 Å². The molecule has 1 aliphatic heterocycles. The van der Waals surface area contributed by atoms with Crippen molar-refractivity contribution in [3.8, 4) is 0 Å². The average molecular weight is 301 g/mol. The van der Waals surface area contributed by atoms with E-state index in [9.17, 15) is 12.8 Å². The summed E-state index contributed by atoms with van der Waals surface area (Å²) in [6.45, 7) is 3.27. The number of sulfonamides is 1. The van der Waals surface area contributed by atoms with E-state index in [1.807, 2.05) is 13.8 Å². The van der Waals surface area contributed by atoms with E-state index < -0.39 is 22.4 Å². The van der Waals surface area contributed by atoms with Crippen LogP contribution >= 0.6 is 0 Å². The van der Waals surface area contributed by atoms with Gasteiger partial charge in [0.25, 0.3) is 0 Å². The monoisotopic (exact) mass is 301 g/mol. The summed E-state index contributed by atoms with van der Waals surface area (Å²) in [5.41, 5.74) is 0.00314. The number of aliphatic hydroxyl groups is 1. The molecule has 1 heterocycles. The van der Waals surface area contributed by atoms with Gasteiger partial charge in [0.2, 0.25) is 10.0 Å². The van der Waals surface area contributed by atoms with Gasteiger partial charge < -0.3 is 5.11 Å². The molecular formula is C14H20FNO3S. The van der Waals surface area contributed by atoms with Crippen molar-refractivity contribution in [2.75, 3.05) is 0 Å². The van der Waals surface area contributed by atoms with Gasteiger partial charge in [-0.05, 0) is 44.9 Å². The summed E-state index contributed by atoms with van der Waals surface area (Å²) in [5, 5.41) is 9.07. The predicted octanol–water partition coefficient (Wildman–Crippen LogP) is 2.27. The molecule has 1 aromatic rings. The molecule has 6 heteroatoms. The highest BCUT2D eigenvalue weighted by molar-refractivity contribution is 7.89. The van der Waals surface area contributed by atoms with Gasteiger partial charge >= 0.3 is 0 Å². The molecule has 1 saturated heterocycles. The van der Waals surface area contributed by atoms with Gasteiger partial charge in [-0.3, -0.25) is 0 Å². The molecule has 0 amide bonds. The zero-order chi connectivity index (χ0) is 14.9. The van der Waals surface area contributed by atoms with Crippen molar-refractivity contribution in [3.63, 3.8) is 0 Å². The smallest absolute Gasteiger partial charge is 0.243 e. The van der Waals surface area contributed by atoms with Crippen molar-refractivity contribution in [3.05, 3.63) is 29.6 Å². The van der Waals surface area contributed by atoms with Crippen LogP contribution in [0, 0.1) is 5.82 Å². The second-order valence-electron chi connectivity index (χ2n) is 5.38. The lowest BCUT2D eigenvalue weighted by atomic mass is 10.0. The van der Waals surface area contributed by atoms with Crippen molar-refractivity contribution >= 4 is 10.0 Å². The van der Waals surface area contributed by atoms with Crippen LogP contribution in [0.2, 0.25) is 0 Å². The minimum atomic E-state index is -3.65. The Morgan fingerprint density at radius 1 is 1.30 bits per heavy atom. The molecule has 2 atom stereocenters. The van der Waals surface area contributed by atoms with Crippen molar-refractivity contribution in [1.82, 2.24) is 4.31 Å². The molecule has 1 aromatic carbocycles. The number of piperidine rings is 1. The van der Waals surface area contributed by atoms with E-state index >= 15 is 0 Å². The minimum Gasteiger partial charge on any atom is -0.392 e. The Bertz CT molecular complexity index is 578. The van der Waals surface area contributed by atoms with Gasteiger partial charge in [-0.2, -0.15) is 4.31 Å². The molecule has 1 fully saturated rings. The maximum absolute atomic E-state index is 13.4. The summed E-state index contributed by atoms with van der Waals surface area (Å²) in [7, 11) is -3.65. The molecule has 0 saturated carbocycles. The molecule has 0 aliphatic carbocycles. The molecule has 4 nitrogen and oxygen atoms in total. The van der Waals surface area contributed by atoms with E-state index in [1.54, 1.807) is 0 Å². The molecule has 0 aromatic heterocycles. The van der Waals surface area contributed by atoms with E-state index in [4.69, 9.17) is 5.11 Å². The molecule has 0 spiro atoms. The van der Waals surface area contributed by atoms with Crippen LogP contribution in [0.3, 0.4) is 0 Å². The molecule has 0 bridgehead atoms. The van der Waals surface area contributed by atoms with Crippen LogP contribution < -0.4 is 0 Å². The van der Waals surface area contributed by atoms with Gasteiger partial charge in [0.05, 0.1) is 11.5 Å². The lowest BCUT2D eigenvalue weighted by Gasteiger charge is -2.37. The fourth-order valence-electron chi connectivity index (χ4n) is 2.83. The van der Waals surface area contributed by atoms with Crippen molar-refractivity contribution < 1.29 is 17.9 Å². The summed E-state index contributed by atoms with van der Waals surface area (Å²) < 4.78 is 40.3. The Labute approximate surface area is 119 Å². The number of halogens is 1. The number of hydrogen-bond acceptors (Lipinski definition) is 3. The SMILES string of the molecule is C[C@@H]1CCC[C@H](C)N1S(=O)(=O)c1ccc(F)c(CO)c1. The molecule has 1 aliphatic rings. The number of rotatable bonds is 3. The molecule has 2 rings (SSSR count). The summed E-state index contributed by atoms with van der Waals surface area (Å²) in [5.74, 6) is -0.591. The van der Waals surface area contributed by atoms with Crippen LogP contribution in [0.4, 0.5) is 4.39 Å². The van der Waals surface area contributed by atoms with E-state index in [0.29, 0.717) is 0 Å². The molecule has 1 N–H and O–H groups in total. The topological polar surface area (TPSA) is 57.6 Å². The largest absolute Gasteiger partial charge is 0.392 e. The second-order valence-corrected chi connectivity index (χ2v) is 7.22. The highest BCUT2D eigenvalue weighted by atomic mass is 32.2. The summed E-state index contributed by atoms with van der Waals surface area (Å²) in [6, 6.07) is 3.45. The third-order valence-corrected chi connectivity index (χ3v) is 6.00. The predicted molar refractivity (Wildman–Crippen MR) is 74.1 cm³/mol. The van der Waals surface area contributed by atoms with Crippen LogP contribution in [0.25, 0.3) is 0 Å². The van der Waals surface area contributed by atoms with Crippen LogP contribution in [-0.4, -0.2) is 29.9 Å². The summed E-state index contributed by atoms with van der Waals surface area (Å²) >= 11 is 0. The van der Waals surface area contributed by atoms with Gasteiger partial charge in [0.1, 0.15) is 5.82 Å². The first-order valence-electron chi connectivity index (χ1n) is 6.80. The van der Waals surface area contributed by atoms with E-state index in [-0.39, 0.29) is 22.5 Å². The fraction of sp³-hybridized carbons (Fsp3) is 0.571. The normalized spacial score (nSPS) is 24.8. The quantitative estimate of drug-likeness (QED) is 0.931. The van der Waals surface area contributed by atoms with Gasteiger partial charge in [-0.15, -0.1) is 0 Å². The van der Waals surface area contributed by atoms with Crippen LogP contribution in [0.15, 0.2) is 23.1 Å². The lowest BCUT2D eigenvalue weighted by Crippen LogP contribution is -2.47. The molecule has 112 valence electrons. The third-order valence-electron chi connectivity index (χ3n) is 3.88. The molecule has 0 radical (unpaired) electrons. The van der Waals surface area contributed by atoms with Crippen LogP contribution in [-0.2, 0) is 16.6 Å². The molecule has 0 unspecified atom stereocenters. The molecular weight excluding hydrogens is 281 g/mol. The van der Waals surface area contributed by atoms with Gasteiger partial charge in [-0.1, -0.05) is 6.42 Å². The number of benzene rings is 1.